The highest BCUT2D eigenvalue weighted by atomic mass is 16.5. The van der Waals surface area contributed by atoms with Crippen molar-refractivity contribution in [1.82, 2.24) is 20.4 Å². The molecule has 0 bridgehead atoms. The van der Waals surface area contributed by atoms with E-state index in [1.165, 1.54) is 30.4 Å². The van der Waals surface area contributed by atoms with E-state index in [0.717, 1.165) is 44.2 Å². The predicted octanol–water partition coefficient (Wildman–Crippen LogP) is 3.20. The van der Waals surface area contributed by atoms with E-state index in [1.54, 1.807) is 0 Å². The molecule has 2 heterocycles. The normalized spacial score (nSPS) is 24.3. The second kappa shape index (κ2) is 6.89. The second-order valence-electron chi connectivity index (χ2n) is 7.62. The molecule has 5 heteroatoms. The van der Waals surface area contributed by atoms with E-state index >= 15 is 0 Å². The van der Waals surface area contributed by atoms with Crippen molar-refractivity contribution >= 4 is 0 Å². The summed E-state index contributed by atoms with van der Waals surface area (Å²) in [6.07, 6.45) is 5.92. The highest BCUT2D eigenvalue weighted by Gasteiger charge is 2.42. The first kappa shape index (κ1) is 16.7. The molecule has 2 fully saturated rings. The molecule has 2 aromatic rings. The van der Waals surface area contributed by atoms with E-state index in [2.05, 4.69) is 53.6 Å². The van der Waals surface area contributed by atoms with Crippen molar-refractivity contribution < 1.29 is 4.52 Å². The smallest absolute Gasteiger partial charge is 0.237 e. The number of benzene rings is 1. The summed E-state index contributed by atoms with van der Waals surface area (Å²) in [6, 6.07) is 8.89. The van der Waals surface area contributed by atoms with Crippen LogP contribution in [0.1, 0.15) is 61.0 Å². The fourth-order valence-corrected chi connectivity index (χ4v) is 4.52. The molecular formula is C20H28N4O. The Bertz CT molecular complexity index is 720. The Morgan fingerprint density at radius 1 is 1.20 bits per heavy atom. The van der Waals surface area contributed by atoms with Gasteiger partial charge in [-0.2, -0.15) is 4.98 Å². The second-order valence-corrected chi connectivity index (χ2v) is 7.62. The van der Waals surface area contributed by atoms with Crippen LogP contribution in [0.4, 0.5) is 0 Å². The summed E-state index contributed by atoms with van der Waals surface area (Å²) in [5, 5.41) is 7.84. The van der Waals surface area contributed by atoms with Gasteiger partial charge in [0.15, 0.2) is 5.82 Å². The molecule has 0 radical (unpaired) electrons. The molecule has 1 N–H and O–H groups in total. The Morgan fingerprint density at radius 2 is 2.00 bits per heavy atom. The highest BCUT2D eigenvalue weighted by Crippen LogP contribution is 2.45. The lowest BCUT2D eigenvalue weighted by Gasteiger charge is -2.35. The number of hydrogen-bond donors (Lipinski definition) is 1. The van der Waals surface area contributed by atoms with Gasteiger partial charge in [-0.05, 0) is 37.9 Å². The number of nitrogens with zero attached hydrogens (tertiary/aromatic N) is 3. The van der Waals surface area contributed by atoms with Gasteiger partial charge in [-0.3, -0.25) is 4.90 Å². The zero-order valence-electron chi connectivity index (χ0n) is 15.3. The molecule has 25 heavy (non-hydrogen) atoms. The maximum absolute atomic E-state index is 5.90. The van der Waals surface area contributed by atoms with Crippen molar-refractivity contribution in [3.05, 3.63) is 47.1 Å². The number of nitrogens with one attached hydrogen (secondary N) is 1. The van der Waals surface area contributed by atoms with E-state index in [1.807, 2.05) is 0 Å². The highest BCUT2D eigenvalue weighted by molar-refractivity contribution is 5.38. The van der Waals surface area contributed by atoms with Crippen molar-refractivity contribution in [1.29, 1.82) is 0 Å². The van der Waals surface area contributed by atoms with E-state index < -0.39 is 0 Å². The fourth-order valence-electron chi connectivity index (χ4n) is 4.52. The van der Waals surface area contributed by atoms with Gasteiger partial charge in [-0.1, -0.05) is 48.7 Å². The first-order valence-electron chi connectivity index (χ1n) is 9.52. The Balaban J connectivity index is 1.73. The predicted molar refractivity (Wildman–Crippen MR) is 97.6 cm³/mol. The van der Waals surface area contributed by atoms with Gasteiger partial charge >= 0.3 is 0 Å². The molecule has 1 atom stereocenters. The summed E-state index contributed by atoms with van der Waals surface area (Å²) >= 11 is 0. The number of aromatic nitrogens is 2. The first-order chi connectivity index (χ1) is 12.2. The third-order valence-electron chi connectivity index (χ3n) is 6.03. The summed E-state index contributed by atoms with van der Waals surface area (Å²) in [4.78, 5) is 7.25. The van der Waals surface area contributed by atoms with E-state index in [4.69, 9.17) is 9.51 Å². The molecule has 0 spiro atoms. The lowest BCUT2D eigenvalue weighted by Crippen LogP contribution is -2.44. The Kier molecular flexibility index (Phi) is 4.61. The summed E-state index contributed by atoms with van der Waals surface area (Å²) in [7, 11) is 2.14. The molecule has 1 aliphatic heterocycles. The van der Waals surface area contributed by atoms with Crippen LogP contribution in [0, 0.1) is 6.92 Å². The van der Waals surface area contributed by atoms with Gasteiger partial charge in [0.1, 0.15) is 0 Å². The molecule has 134 valence electrons. The zero-order chi connectivity index (χ0) is 17.3. The lowest BCUT2D eigenvalue weighted by molar-refractivity contribution is 0.189. The van der Waals surface area contributed by atoms with Gasteiger partial charge in [-0.25, -0.2) is 0 Å². The van der Waals surface area contributed by atoms with Gasteiger partial charge in [0, 0.05) is 19.6 Å². The van der Waals surface area contributed by atoms with Crippen LogP contribution >= 0.6 is 0 Å². The number of aryl methyl sites for hydroxylation is 1. The molecule has 5 nitrogen and oxygen atoms in total. The summed E-state index contributed by atoms with van der Waals surface area (Å²) in [5.41, 5.74) is 2.57. The molecule has 0 amide bonds. The molecule has 1 saturated carbocycles. The van der Waals surface area contributed by atoms with E-state index in [9.17, 15) is 0 Å². The van der Waals surface area contributed by atoms with Crippen molar-refractivity contribution in [2.45, 2.75) is 50.5 Å². The third-order valence-corrected chi connectivity index (χ3v) is 6.03. The standard InChI is InChI=1S/C20H28N4O/c1-15-8-4-5-9-16(15)20(10-6-3-7-11-20)19-22-18(23-25-19)17-14-21-12-13-24(17)2/h4-5,8-9,17,21H,3,6-7,10-14H2,1-2H3. The first-order valence-corrected chi connectivity index (χ1v) is 9.52. The number of piperazine rings is 1. The molecule has 4 rings (SSSR count). The topological polar surface area (TPSA) is 54.2 Å². The minimum Gasteiger partial charge on any atom is -0.338 e. The van der Waals surface area contributed by atoms with Gasteiger partial charge in [0.2, 0.25) is 5.89 Å². The Hall–Kier alpha value is -1.72. The van der Waals surface area contributed by atoms with Gasteiger partial charge in [-0.15, -0.1) is 0 Å². The number of hydrogen-bond acceptors (Lipinski definition) is 5. The van der Waals surface area contributed by atoms with Crippen molar-refractivity contribution in [3.8, 4) is 0 Å². The third kappa shape index (κ3) is 3.00. The summed E-state index contributed by atoms with van der Waals surface area (Å²) in [6.45, 7) is 5.11. The summed E-state index contributed by atoms with van der Waals surface area (Å²) < 4.78 is 5.90. The molecular weight excluding hydrogens is 312 g/mol. The largest absolute Gasteiger partial charge is 0.338 e. The van der Waals surface area contributed by atoms with Crippen LogP contribution in [0.5, 0.6) is 0 Å². The monoisotopic (exact) mass is 340 g/mol. The molecule has 2 aliphatic rings. The Labute approximate surface area is 149 Å². The van der Waals surface area contributed by atoms with Crippen LogP contribution < -0.4 is 5.32 Å². The number of likely N-dealkylation sites (N-methyl/N-ethyl adjacent to an activating group) is 1. The number of rotatable bonds is 3. The van der Waals surface area contributed by atoms with Crippen LogP contribution in [-0.2, 0) is 5.41 Å². The van der Waals surface area contributed by atoms with Gasteiger partial charge in [0.25, 0.3) is 0 Å². The molecule has 1 aliphatic carbocycles. The quantitative estimate of drug-likeness (QED) is 0.930. The van der Waals surface area contributed by atoms with Crippen molar-refractivity contribution in [2.24, 2.45) is 0 Å². The Morgan fingerprint density at radius 3 is 2.76 bits per heavy atom. The molecule has 1 unspecified atom stereocenters. The maximum atomic E-state index is 5.90. The zero-order valence-corrected chi connectivity index (χ0v) is 15.3. The van der Waals surface area contributed by atoms with Crippen molar-refractivity contribution in [3.63, 3.8) is 0 Å². The fraction of sp³-hybridized carbons (Fsp3) is 0.600. The van der Waals surface area contributed by atoms with Crippen LogP contribution in [-0.4, -0.2) is 41.7 Å². The van der Waals surface area contributed by atoms with Gasteiger partial charge in [0.05, 0.1) is 11.5 Å². The lowest BCUT2D eigenvalue weighted by atomic mass is 9.68. The minimum atomic E-state index is -0.116. The molecule has 1 aromatic heterocycles. The minimum absolute atomic E-state index is 0.116. The van der Waals surface area contributed by atoms with Crippen LogP contribution in [0.25, 0.3) is 0 Å². The SMILES string of the molecule is Cc1ccccc1C1(c2nc(C3CNCCN3C)no2)CCCCC1. The molecule has 1 aromatic carbocycles. The van der Waals surface area contributed by atoms with Crippen LogP contribution in [0.2, 0.25) is 0 Å². The van der Waals surface area contributed by atoms with Gasteiger partial charge < -0.3 is 9.84 Å². The maximum Gasteiger partial charge on any atom is 0.237 e. The van der Waals surface area contributed by atoms with Crippen molar-refractivity contribution in [2.75, 3.05) is 26.7 Å². The van der Waals surface area contributed by atoms with Crippen LogP contribution in [0.3, 0.4) is 0 Å². The average molecular weight is 340 g/mol. The van der Waals surface area contributed by atoms with E-state index in [0.29, 0.717) is 0 Å². The molecule has 1 saturated heterocycles. The van der Waals surface area contributed by atoms with Crippen LogP contribution in [0.15, 0.2) is 28.8 Å². The summed E-state index contributed by atoms with van der Waals surface area (Å²) in [5.74, 6) is 1.64. The average Bonchev–Trinajstić information content (AvgIpc) is 3.13. The van der Waals surface area contributed by atoms with E-state index in [-0.39, 0.29) is 11.5 Å².